The number of ether oxygens (including phenoxy) is 1. The summed E-state index contributed by atoms with van der Waals surface area (Å²) in [6.07, 6.45) is 3.25. The lowest BCUT2D eigenvalue weighted by Crippen LogP contribution is -1.94. The van der Waals surface area contributed by atoms with Gasteiger partial charge in [0.2, 0.25) is 10.6 Å². The van der Waals surface area contributed by atoms with Crippen LogP contribution in [0.15, 0.2) is 50.6 Å². The van der Waals surface area contributed by atoms with Crippen LogP contribution in [-0.4, -0.2) is 28.2 Å². The highest BCUT2D eigenvalue weighted by molar-refractivity contribution is 9.10. The van der Waals surface area contributed by atoms with E-state index in [1.807, 2.05) is 18.2 Å². The molecule has 3 rings (SSSR count). The molecule has 8 heteroatoms. The zero-order chi connectivity index (χ0) is 15.5. The van der Waals surface area contributed by atoms with Gasteiger partial charge >= 0.3 is 0 Å². The van der Waals surface area contributed by atoms with Gasteiger partial charge in [-0.2, -0.15) is 9.78 Å². The summed E-state index contributed by atoms with van der Waals surface area (Å²) in [5, 5.41) is 11.2. The molecule has 1 aromatic carbocycles. The second kappa shape index (κ2) is 6.29. The van der Waals surface area contributed by atoms with E-state index in [2.05, 4.69) is 31.2 Å². The first-order chi connectivity index (χ1) is 10.7. The van der Waals surface area contributed by atoms with Gasteiger partial charge in [-0.15, -0.1) is 5.10 Å². The van der Waals surface area contributed by atoms with Gasteiger partial charge in [-0.3, -0.25) is 0 Å². The van der Waals surface area contributed by atoms with Crippen LogP contribution in [0.25, 0.3) is 11.6 Å². The number of benzene rings is 1. The van der Waals surface area contributed by atoms with Crippen LogP contribution in [0.2, 0.25) is 0 Å². The third-order valence-corrected chi connectivity index (χ3v) is 3.77. The van der Waals surface area contributed by atoms with E-state index in [-0.39, 0.29) is 0 Å². The van der Waals surface area contributed by atoms with E-state index >= 15 is 0 Å². The van der Waals surface area contributed by atoms with E-state index in [1.54, 1.807) is 31.7 Å². The number of rotatable bonds is 4. The number of nitrogens with one attached hydrogen (secondary N) is 1. The predicted molar refractivity (Wildman–Crippen MR) is 88.8 cm³/mol. The molecule has 2 aromatic heterocycles. The molecule has 6 nitrogen and oxygen atoms in total. The maximum absolute atomic E-state index is 5.33. The standard InChI is InChI=1S/C14H11BrN4O2S/c1-20-11-5-4-9(7-10(11)15)8-16-19-13(17-18-14(19)22)12-3-2-6-21-12/h2-8H,1H3,(H,18,22)/b16-8-. The van der Waals surface area contributed by atoms with Crippen LogP contribution >= 0.6 is 28.1 Å². The van der Waals surface area contributed by atoms with Crippen molar-refractivity contribution in [3.8, 4) is 17.3 Å². The zero-order valence-electron chi connectivity index (χ0n) is 11.5. The van der Waals surface area contributed by atoms with E-state index in [4.69, 9.17) is 21.4 Å². The Balaban J connectivity index is 1.95. The Morgan fingerprint density at radius 1 is 1.45 bits per heavy atom. The van der Waals surface area contributed by atoms with Gasteiger partial charge in [0, 0.05) is 0 Å². The van der Waals surface area contributed by atoms with Gasteiger partial charge in [-0.25, -0.2) is 5.10 Å². The lowest BCUT2D eigenvalue weighted by Gasteiger charge is -2.03. The molecule has 112 valence electrons. The van der Waals surface area contributed by atoms with Crippen molar-refractivity contribution in [3.05, 3.63) is 51.4 Å². The second-order valence-electron chi connectivity index (χ2n) is 4.28. The molecule has 0 aliphatic carbocycles. The summed E-state index contributed by atoms with van der Waals surface area (Å²) in [6, 6.07) is 9.22. The predicted octanol–water partition coefficient (Wildman–Crippen LogP) is 3.85. The summed E-state index contributed by atoms with van der Waals surface area (Å²) in [5.41, 5.74) is 0.890. The summed E-state index contributed by atoms with van der Waals surface area (Å²) in [6.45, 7) is 0. The monoisotopic (exact) mass is 378 g/mol. The van der Waals surface area contributed by atoms with Crippen LogP contribution in [0.5, 0.6) is 5.75 Å². The SMILES string of the molecule is COc1ccc(/C=N\n2c(-c3ccco3)n[nH]c2=S)cc1Br. The molecule has 0 spiro atoms. The number of H-pyrrole nitrogens is 1. The first-order valence-electron chi connectivity index (χ1n) is 6.28. The Morgan fingerprint density at radius 3 is 3.00 bits per heavy atom. The molecule has 0 fully saturated rings. The number of halogens is 1. The second-order valence-corrected chi connectivity index (χ2v) is 5.52. The maximum atomic E-state index is 5.33. The number of nitrogens with zero attached hydrogens (tertiary/aromatic N) is 3. The Bertz CT molecular complexity index is 867. The van der Waals surface area contributed by atoms with Gasteiger partial charge in [-0.1, -0.05) is 0 Å². The van der Waals surface area contributed by atoms with Crippen molar-refractivity contribution in [1.82, 2.24) is 14.9 Å². The van der Waals surface area contributed by atoms with Crippen molar-refractivity contribution in [1.29, 1.82) is 0 Å². The molecule has 0 bridgehead atoms. The van der Waals surface area contributed by atoms with Gasteiger partial charge in [-0.05, 0) is 64.0 Å². The van der Waals surface area contributed by atoms with Crippen molar-refractivity contribution in [2.75, 3.05) is 7.11 Å². The van der Waals surface area contributed by atoms with Crippen LogP contribution in [0.1, 0.15) is 5.56 Å². The van der Waals surface area contributed by atoms with Crippen LogP contribution in [0.3, 0.4) is 0 Å². The minimum absolute atomic E-state index is 0.384. The number of aromatic nitrogens is 3. The highest BCUT2D eigenvalue weighted by Gasteiger charge is 2.10. The fourth-order valence-electron chi connectivity index (χ4n) is 1.85. The van der Waals surface area contributed by atoms with E-state index in [1.165, 1.54) is 4.68 Å². The molecule has 0 aliphatic heterocycles. The van der Waals surface area contributed by atoms with Crippen molar-refractivity contribution < 1.29 is 9.15 Å². The Morgan fingerprint density at radius 2 is 2.32 bits per heavy atom. The largest absolute Gasteiger partial charge is 0.496 e. The molecule has 0 amide bonds. The fraction of sp³-hybridized carbons (Fsp3) is 0.0714. The molecule has 1 N–H and O–H groups in total. The molecule has 3 aromatic rings. The van der Waals surface area contributed by atoms with Crippen molar-refractivity contribution in [2.24, 2.45) is 5.10 Å². The highest BCUT2D eigenvalue weighted by Crippen LogP contribution is 2.25. The van der Waals surface area contributed by atoms with Crippen LogP contribution in [0.4, 0.5) is 0 Å². The first-order valence-corrected chi connectivity index (χ1v) is 7.48. The molecular formula is C14H11BrN4O2S. The minimum atomic E-state index is 0.384. The summed E-state index contributed by atoms with van der Waals surface area (Å²) in [4.78, 5) is 0. The van der Waals surface area contributed by atoms with Crippen molar-refractivity contribution in [2.45, 2.75) is 0 Å². The van der Waals surface area contributed by atoms with Crippen molar-refractivity contribution >= 4 is 34.4 Å². The molecular weight excluding hydrogens is 368 g/mol. The third-order valence-electron chi connectivity index (χ3n) is 2.89. The smallest absolute Gasteiger partial charge is 0.219 e. The number of hydrogen-bond donors (Lipinski definition) is 1. The van der Waals surface area contributed by atoms with E-state index < -0.39 is 0 Å². The minimum Gasteiger partial charge on any atom is -0.496 e. The highest BCUT2D eigenvalue weighted by atomic mass is 79.9. The zero-order valence-corrected chi connectivity index (χ0v) is 13.9. The summed E-state index contributed by atoms with van der Waals surface area (Å²) < 4.78 is 13.3. The molecule has 0 atom stereocenters. The molecule has 0 saturated heterocycles. The summed E-state index contributed by atoms with van der Waals surface area (Å²) in [7, 11) is 1.62. The Labute approximate surface area is 139 Å². The topological polar surface area (TPSA) is 68.3 Å². The molecule has 2 heterocycles. The molecule has 22 heavy (non-hydrogen) atoms. The molecule has 0 aliphatic rings. The fourth-order valence-corrected chi connectivity index (χ4v) is 2.59. The van der Waals surface area contributed by atoms with Gasteiger partial charge in [0.15, 0.2) is 5.76 Å². The maximum Gasteiger partial charge on any atom is 0.219 e. The number of hydrogen-bond acceptors (Lipinski definition) is 5. The number of furan rings is 1. The first kappa shape index (κ1) is 14.7. The number of aromatic amines is 1. The summed E-state index contributed by atoms with van der Waals surface area (Å²) >= 11 is 8.63. The lowest BCUT2D eigenvalue weighted by atomic mass is 10.2. The van der Waals surface area contributed by atoms with Gasteiger partial charge in [0.1, 0.15) is 5.75 Å². The average molecular weight is 379 g/mol. The third kappa shape index (κ3) is 2.88. The molecule has 0 radical (unpaired) electrons. The van der Waals surface area contributed by atoms with Gasteiger partial charge in [0.25, 0.3) is 0 Å². The van der Waals surface area contributed by atoms with E-state index in [0.717, 1.165) is 15.8 Å². The Kier molecular flexibility index (Phi) is 4.21. The van der Waals surface area contributed by atoms with E-state index in [9.17, 15) is 0 Å². The van der Waals surface area contributed by atoms with Crippen molar-refractivity contribution in [3.63, 3.8) is 0 Å². The van der Waals surface area contributed by atoms with Crippen LogP contribution in [-0.2, 0) is 0 Å². The van der Waals surface area contributed by atoms with E-state index in [0.29, 0.717) is 16.4 Å². The quantitative estimate of drug-likeness (QED) is 0.552. The Hall–Kier alpha value is -2.19. The summed E-state index contributed by atoms with van der Waals surface area (Å²) in [5.74, 6) is 1.85. The normalized spacial score (nSPS) is 11.2. The molecule has 0 unspecified atom stereocenters. The van der Waals surface area contributed by atoms with Crippen LogP contribution in [0, 0.1) is 4.77 Å². The van der Waals surface area contributed by atoms with Gasteiger partial charge < -0.3 is 9.15 Å². The van der Waals surface area contributed by atoms with Gasteiger partial charge in [0.05, 0.1) is 24.1 Å². The lowest BCUT2D eigenvalue weighted by molar-refractivity contribution is 0.412. The number of methoxy groups -OCH3 is 1. The van der Waals surface area contributed by atoms with Crippen LogP contribution < -0.4 is 4.74 Å². The molecule has 0 saturated carbocycles. The average Bonchev–Trinajstić information content (AvgIpc) is 3.15.